The number of likely N-dealkylation sites (N-methyl/N-ethyl adjacent to an activating group) is 1. The molecule has 2 rings (SSSR count). The van der Waals surface area contributed by atoms with Crippen LogP contribution in [-0.2, 0) is 0 Å². The van der Waals surface area contributed by atoms with Crippen LogP contribution in [0.2, 0.25) is 0 Å². The van der Waals surface area contributed by atoms with Crippen molar-refractivity contribution in [2.75, 3.05) is 38.1 Å². The Kier molecular flexibility index (Phi) is 4.41. The smallest absolute Gasteiger partial charge is 0.101 e. The summed E-state index contributed by atoms with van der Waals surface area (Å²) in [6, 6.07) is 10.4. The summed E-state index contributed by atoms with van der Waals surface area (Å²) in [5.41, 5.74) is 7.66. The van der Waals surface area contributed by atoms with Crippen molar-refractivity contribution in [2.24, 2.45) is 11.7 Å². The van der Waals surface area contributed by atoms with Gasteiger partial charge >= 0.3 is 0 Å². The molecule has 2 unspecified atom stereocenters. The molecule has 1 fully saturated rings. The first-order valence-electron chi connectivity index (χ1n) is 6.80. The fourth-order valence-corrected chi connectivity index (χ4v) is 2.84. The van der Waals surface area contributed by atoms with Crippen LogP contribution in [0.15, 0.2) is 24.3 Å². The molecule has 0 saturated carbocycles. The van der Waals surface area contributed by atoms with Gasteiger partial charge in [-0.1, -0.05) is 19.1 Å². The molecule has 1 aliphatic heterocycles. The number of hydrogen-bond acceptors (Lipinski definition) is 4. The van der Waals surface area contributed by atoms with Crippen LogP contribution < -0.4 is 10.6 Å². The van der Waals surface area contributed by atoms with Crippen LogP contribution in [0.25, 0.3) is 0 Å². The first-order valence-corrected chi connectivity index (χ1v) is 6.80. The molecule has 0 bridgehead atoms. The number of nitrogens with zero attached hydrogens (tertiary/aromatic N) is 3. The Morgan fingerprint density at radius 3 is 2.74 bits per heavy atom. The van der Waals surface area contributed by atoms with Crippen molar-refractivity contribution in [3.63, 3.8) is 0 Å². The molecule has 2 atom stereocenters. The zero-order valence-corrected chi connectivity index (χ0v) is 11.7. The van der Waals surface area contributed by atoms with Crippen molar-refractivity contribution < 1.29 is 0 Å². The van der Waals surface area contributed by atoms with E-state index in [-0.39, 0.29) is 0 Å². The van der Waals surface area contributed by atoms with Gasteiger partial charge in [0.2, 0.25) is 0 Å². The Balaban J connectivity index is 2.30. The Bertz CT molecular complexity index is 465. The van der Waals surface area contributed by atoms with Crippen LogP contribution in [0.1, 0.15) is 12.5 Å². The standard InChI is InChI=1S/C15H22N4/c1-12-9-18(2)14(8-17)11-19(10-12)15-6-4-3-5-13(15)7-16/h3-6,12,14H,8-11,17H2,1-2H3. The summed E-state index contributed by atoms with van der Waals surface area (Å²) in [5.74, 6) is 0.563. The topological polar surface area (TPSA) is 56.3 Å². The highest BCUT2D eigenvalue weighted by Crippen LogP contribution is 2.23. The summed E-state index contributed by atoms with van der Waals surface area (Å²) >= 11 is 0. The van der Waals surface area contributed by atoms with Crippen molar-refractivity contribution in [3.8, 4) is 6.07 Å². The van der Waals surface area contributed by atoms with Gasteiger partial charge in [0.05, 0.1) is 11.3 Å². The lowest BCUT2D eigenvalue weighted by Gasteiger charge is -2.29. The first kappa shape index (κ1) is 13.9. The van der Waals surface area contributed by atoms with Crippen molar-refractivity contribution >= 4 is 5.69 Å². The molecule has 0 amide bonds. The molecule has 0 aliphatic carbocycles. The molecular formula is C15H22N4. The lowest BCUT2D eigenvalue weighted by molar-refractivity contribution is 0.244. The van der Waals surface area contributed by atoms with Crippen molar-refractivity contribution in [3.05, 3.63) is 29.8 Å². The molecule has 1 aromatic carbocycles. The van der Waals surface area contributed by atoms with Gasteiger partial charge in [0.15, 0.2) is 0 Å². The zero-order valence-electron chi connectivity index (χ0n) is 11.7. The summed E-state index contributed by atoms with van der Waals surface area (Å²) in [5, 5.41) is 9.25. The number of nitrogens with two attached hydrogens (primary N) is 1. The average molecular weight is 258 g/mol. The summed E-state index contributed by atoms with van der Waals surface area (Å²) < 4.78 is 0. The minimum absolute atomic E-state index is 0.344. The molecule has 0 spiro atoms. The summed E-state index contributed by atoms with van der Waals surface area (Å²) in [6.07, 6.45) is 0. The second kappa shape index (κ2) is 6.05. The third-order valence-corrected chi connectivity index (χ3v) is 3.82. The molecule has 4 nitrogen and oxygen atoms in total. The second-order valence-electron chi connectivity index (χ2n) is 5.47. The average Bonchev–Trinajstić information content (AvgIpc) is 2.56. The van der Waals surface area contributed by atoms with Gasteiger partial charge in [-0.2, -0.15) is 5.26 Å². The highest BCUT2D eigenvalue weighted by atomic mass is 15.2. The van der Waals surface area contributed by atoms with Gasteiger partial charge in [-0.3, -0.25) is 0 Å². The predicted molar refractivity (Wildman–Crippen MR) is 78.0 cm³/mol. The Labute approximate surface area is 115 Å². The van der Waals surface area contributed by atoms with E-state index in [0.717, 1.165) is 30.9 Å². The number of para-hydroxylation sites is 1. The quantitative estimate of drug-likeness (QED) is 0.868. The molecule has 2 N–H and O–H groups in total. The van der Waals surface area contributed by atoms with Crippen LogP contribution >= 0.6 is 0 Å². The zero-order chi connectivity index (χ0) is 13.8. The Morgan fingerprint density at radius 2 is 2.05 bits per heavy atom. The third kappa shape index (κ3) is 3.06. The van der Waals surface area contributed by atoms with Gasteiger partial charge in [0, 0.05) is 32.2 Å². The van der Waals surface area contributed by atoms with E-state index in [1.807, 2.05) is 24.3 Å². The number of anilines is 1. The lowest BCUT2D eigenvalue weighted by atomic mass is 10.1. The summed E-state index contributed by atoms with van der Waals surface area (Å²) in [4.78, 5) is 4.64. The minimum Gasteiger partial charge on any atom is -0.369 e. The van der Waals surface area contributed by atoms with Crippen LogP contribution in [-0.4, -0.2) is 44.2 Å². The van der Waals surface area contributed by atoms with Gasteiger partial charge in [-0.25, -0.2) is 0 Å². The molecule has 1 aromatic rings. The van der Waals surface area contributed by atoms with E-state index in [9.17, 15) is 5.26 Å². The van der Waals surface area contributed by atoms with E-state index in [0.29, 0.717) is 18.5 Å². The van der Waals surface area contributed by atoms with Crippen LogP contribution in [0.3, 0.4) is 0 Å². The van der Waals surface area contributed by atoms with E-state index in [4.69, 9.17) is 5.73 Å². The fourth-order valence-electron chi connectivity index (χ4n) is 2.84. The summed E-state index contributed by atoms with van der Waals surface area (Å²) in [7, 11) is 2.13. The third-order valence-electron chi connectivity index (χ3n) is 3.82. The molecule has 0 radical (unpaired) electrons. The van der Waals surface area contributed by atoms with E-state index in [1.165, 1.54) is 0 Å². The minimum atomic E-state index is 0.344. The number of benzene rings is 1. The van der Waals surface area contributed by atoms with E-state index in [2.05, 4.69) is 29.8 Å². The Morgan fingerprint density at radius 1 is 1.32 bits per heavy atom. The van der Waals surface area contributed by atoms with Crippen molar-refractivity contribution in [1.82, 2.24) is 4.90 Å². The second-order valence-corrected chi connectivity index (χ2v) is 5.47. The van der Waals surface area contributed by atoms with Crippen LogP contribution in [0.5, 0.6) is 0 Å². The monoisotopic (exact) mass is 258 g/mol. The Hall–Kier alpha value is -1.57. The highest BCUT2D eigenvalue weighted by Gasteiger charge is 2.26. The molecule has 1 aliphatic rings. The SMILES string of the molecule is CC1CN(c2ccccc2C#N)CC(CN)N(C)C1. The maximum absolute atomic E-state index is 9.25. The van der Waals surface area contributed by atoms with E-state index >= 15 is 0 Å². The maximum Gasteiger partial charge on any atom is 0.101 e. The van der Waals surface area contributed by atoms with Crippen molar-refractivity contribution in [2.45, 2.75) is 13.0 Å². The van der Waals surface area contributed by atoms with Gasteiger partial charge < -0.3 is 15.5 Å². The lowest BCUT2D eigenvalue weighted by Crippen LogP contribution is -2.44. The largest absolute Gasteiger partial charge is 0.369 e. The predicted octanol–water partition coefficient (Wildman–Crippen LogP) is 1.27. The summed E-state index contributed by atoms with van der Waals surface area (Å²) in [6.45, 7) is 5.80. The van der Waals surface area contributed by atoms with Gasteiger partial charge in [-0.05, 0) is 25.1 Å². The maximum atomic E-state index is 9.25. The van der Waals surface area contributed by atoms with Gasteiger partial charge in [0.1, 0.15) is 6.07 Å². The number of hydrogen-bond donors (Lipinski definition) is 1. The first-order chi connectivity index (χ1) is 9.15. The number of rotatable bonds is 2. The molecule has 1 heterocycles. The molecule has 4 heteroatoms. The van der Waals surface area contributed by atoms with Crippen molar-refractivity contribution in [1.29, 1.82) is 5.26 Å². The number of nitriles is 1. The molecule has 0 aromatic heterocycles. The van der Waals surface area contributed by atoms with Gasteiger partial charge in [-0.15, -0.1) is 0 Å². The van der Waals surface area contributed by atoms with E-state index < -0.39 is 0 Å². The molecule has 102 valence electrons. The van der Waals surface area contributed by atoms with Gasteiger partial charge in [0.25, 0.3) is 0 Å². The van der Waals surface area contributed by atoms with E-state index in [1.54, 1.807) is 0 Å². The molecule has 19 heavy (non-hydrogen) atoms. The van der Waals surface area contributed by atoms with Crippen LogP contribution in [0.4, 0.5) is 5.69 Å². The fraction of sp³-hybridized carbons (Fsp3) is 0.533. The molecular weight excluding hydrogens is 236 g/mol. The van der Waals surface area contributed by atoms with Crippen LogP contribution in [0, 0.1) is 17.2 Å². The highest BCUT2D eigenvalue weighted by molar-refractivity contribution is 5.59. The molecule has 1 saturated heterocycles. The normalized spacial score (nSPS) is 24.8.